The van der Waals surface area contributed by atoms with Crippen molar-refractivity contribution in [1.29, 1.82) is 0 Å². The third kappa shape index (κ3) is 5.57. The summed E-state index contributed by atoms with van der Waals surface area (Å²) in [6, 6.07) is 11.6. The lowest BCUT2D eigenvalue weighted by Gasteiger charge is -2.10. The minimum absolute atomic E-state index is 0.160. The van der Waals surface area contributed by atoms with Crippen LogP contribution in [0.2, 0.25) is 0 Å². The normalized spacial score (nSPS) is 11.2. The second-order valence-corrected chi connectivity index (χ2v) is 7.77. The van der Waals surface area contributed by atoms with Crippen molar-refractivity contribution in [2.75, 3.05) is 18.5 Å². The van der Waals surface area contributed by atoms with E-state index >= 15 is 0 Å². The molecule has 0 aliphatic carbocycles. The molecule has 0 unspecified atom stereocenters. The number of sulfonamides is 1. The Morgan fingerprint density at radius 1 is 1.04 bits per heavy atom. The van der Waals surface area contributed by atoms with Gasteiger partial charge < -0.3 is 10.1 Å². The highest BCUT2D eigenvalue weighted by Crippen LogP contribution is 2.17. The van der Waals surface area contributed by atoms with Crippen LogP contribution in [0.4, 0.5) is 5.69 Å². The van der Waals surface area contributed by atoms with Crippen molar-refractivity contribution in [3.8, 4) is 5.75 Å². The predicted molar refractivity (Wildman–Crippen MR) is 102 cm³/mol. The van der Waals surface area contributed by atoms with Gasteiger partial charge in [-0.25, -0.2) is 13.1 Å². The van der Waals surface area contributed by atoms with E-state index in [0.717, 1.165) is 17.5 Å². The van der Waals surface area contributed by atoms with Gasteiger partial charge in [0.05, 0.1) is 4.90 Å². The van der Waals surface area contributed by atoms with Crippen molar-refractivity contribution in [1.82, 2.24) is 4.72 Å². The molecule has 1 amide bonds. The minimum Gasteiger partial charge on any atom is -0.484 e. The molecule has 0 fully saturated rings. The number of hydrogen-bond donors (Lipinski definition) is 2. The highest BCUT2D eigenvalue weighted by atomic mass is 32.2. The number of carbonyl (C=O) groups is 1. The van der Waals surface area contributed by atoms with Crippen LogP contribution in [-0.2, 0) is 14.8 Å². The number of ether oxygens (including phenoxy) is 1. The van der Waals surface area contributed by atoms with Crippen LogP contribution in [0.1, 0.15) is 24.5 Å². The average Bonchev–Trinajstić information content (AvgIpc) is 2.62. The summed E-state index contributed by atoms with van der Waals surface area (Å²) < 4.78 is 31.9. The molecule has 0 saturated heterocycles. The Bertz CT molecular complexity index is 862. The molecule has 0 radical (unpaired) electrons. The molecule has 0 aliphatic heterocycles. The van der Waals surface area contributed by atoms with Crippen molar-refractivity contribution in [3.05, 3.63) is 53.6 Å². The zero-order chi connectivity index (χ0) is 19.2. The van der Waals surface area contributed by atoms with Gasteiger partial charge >= 0.3 is 0 Å². The summed E-state index contributed by atoms with van der Waals surface area (Å²) in [5.74, 6) is 0.143. The Balaban J connectivity index is 1.91. The maximum Gasteiger partial charge on any atom is 0.262 e. The topological polar surface area (TPSA) is 84.5 Å². The maximum atomic E-state index is 12.0. The Morgan fingerprint density at radius 3 is 2.35 bits per heavy atom. The lowest BCUT2D eigenvalue weighted by atomic mass is 10.1. The highest BCUT2D eigenvalue weighted by molar-refractivity contribution is 7.89. The molecule has 0 spiro atoms. The van der Waals surface area contributed by atoms with Gasteiger partial charge in [0, 0.05) is 12.2 Å². The number of carbonyl (C=O) groups excluding carboxylic acids is 1. The van der Waals surface area contributed by atoms with Crippen molar-refractivity contribution in [3.63, 3.8) is 0 Å². The minimum atomic E-state index is -3.50. The van der Waals surface area contributed by atoms with E-state index in [9.17, 15) is 13.2 Å². The number of aryl methyl sites for hydroxylation is 2. The lowest BCUT2D eigenvalue weighted by Crippen LogP contribution is -2.24. The number of nitrogens with one attached hydrogen (secondary N) is 2. The van der Waals surface area contributed by atoms with Gasteiger partial charge in [-0.2, -0.15) is 0 Å². The summed E-state index contributed by atoms with van der Waals surface area (Å²) in [6.07, 6.45) is 0.718. The number of hydrogen-bond acceptors (Lipinski definition) is 4. The first-order chi connectivity index (χ1) is 12.3. The van der Waals surface area contributed by atoms with E-state index in [-0.39, 0.29) is 17.4 Å². The first kappa shape index (κ1) is 19.9. The third-order valence-electron chi connectivity index (χ3n) is 3.84. The van der Waals surface area contributed by atoms with Crippen molar-refractivity contribution < 1.29 is 17.9 Å². The molecular formula is C19H24N2O4S. The molecule has 2 rings (SSSR count). The van der Waals surface area contributed by atoms with Crippen molar-refractivity contribution in [2.45, 2.75) is 32.1 Å². The molecule has 0 aromatic heterocycles. The molecule has 2 aromatic carbocycles. The SMILES string of the molecule is CCCNS(=O)(=O)c1ccc(OCC(=O)Nc2ccc(C)c(C)c2)cc1. The van der Waals surface area contributed by atoms with Gasteiger partial charge in [-0.3, -0.25) is 4.79 Å². The number of benzene rings is 2. The average molecular weight is 376 g/mol. The fraction of sp³-hybridized carbons (Fsp3) is 0.316. The summed E-state index contributed by atoms with van der Waals surface area (Å²) >= 11 is 0. The molecule has 0 bridgehead atoms. The fourth-order valence-corrected chi connectivity index (χ4v) is 3.33. The van der Waals surface area contributed by atoms with Gasteiger partial charge in [0.2, 0.25) is 10.0 Å². The molecule has 6 nitrogen and oxygen atoms in total. The molecule has 2 N–H and O–H groups in total. The molecule has 7 heteroatoms. The zero-order valence-corrected chi connectivity index (χ0v) is 16.0. The largest absolute Gasteiger partial charge is 0.484 e. The Morgan fingerprint density at radius 2 is 1.73 bits per heavy atom. The monoisotopic (exact) mass is 376 g/mol. The summed E-state index contributed by atoms with van der Waals surface area (Å²) in [6.45, 7) is 6.10. The van der Waals surface area contributed by atoms with Crippen LogP contribution in [0.5, 0.6) is 5.75 Å². The first-order valence-corrected chi connectivity index (χ1v) is 9.90. The summed E-state index contributed by atoms with van der Waals surface area (Å²) in [5, 5.41) is 2.77. The third-order valence-corrected chi connectivity index (χ3v) is 5.31. The standard InChI is InChI=1S/C19H24N2O4S/c1-4-11-20-26(23,24)18-9-7-17(8-10-18)25-13-19(22)21-16-6-5-14(2)15(3)12-16/h5-10,12,20H,4,11,13H2,1-3H3,(H,21,22). The van der Waals surface area contributed by atoms with Gasteiger partial charge in [0.1, 0.15) is 5.75 Å². The van der Waals surface area contributed by atoms with Gasteiger partial charge in [-0.05, 0) is 67.8 Å². The van der Waals surface area contributed by atoms with E-state index in [1.807, 2.05) is 39.0 Å². The molecule has 0 heterocycles. The zero-order valence-electron chi connectivity index (χ0n) is 15.2. The van der Waals surface area contributed by atoms with Gasteiger partial charge in [-0.15, -0.1) is 0 Å². The number of anilines is 1. The Hall–Kier alpha value is -2.38. The summed E-state index contributed by atoms with van der Waals surface area (Å²) in [5.41, 5.74) is 2.96. The smallest absolute Gasteiger partial charge is 0.262 e. The van der Waals surface area contributed by atoms with Crippen LogP contribution in [0.3, 0.4) is 0 Å². The van der Waals surface area contributed by atoms with E-state index in [1.54, 1.807) is 0 Å². The number of amides is 1. The lowest BCUT2D eigenvalue weighted by molar-refractivity contribution is -0.118. The van der Waals surface area contributed by atoms with E-state index in [0.29, 0.717) is 18.0 Å². The fourth-order valence-electron chi connectivity index (χ4n) is 2.20. The molecule has 140 valence electrons. The van der Waals surface area contributed by atoms with Gasteiger partial charge in [0.25, 0.3) is 5.91 Å². The van der Waals surface area contributed by atoms with Crippen LogP contribution in [0.25, 0.3) is 0 Å². The first-order valence-electron chi connectivity index (χ1n) is 8.41. The van der Waals surface area contributed by atoms with Crippen LogP contribution in [-0.4, -0.2) is 27.5 Å². The van der Waals surface area contributed by atoms with E-state index in [2.05, 4.69) is 10.0 Å². The second kappa shape index (κ2) is 8.82. The van der Waals surface area contributed by atoms with Crippen LogP contribution >= 0.6 is 0 Å². The molecule has 0 saturated carbocycles. The van der Waals surface area contributed by atoms with Crippen molar-refractivity contribution in [2.24, 2.45) is 0 Å². The van der Waals surface area contributed by atoms with Crippen LogP contribution < -0.4 is 14.8 Å². The quantitative estimate of drug-likeness (QED) is 0.742. The van der Waals surface area contributed by atoms with E-state index < -0.39 is 10.0 Å². The van der Waals surface area contributed by atoms with Crippen molar-refractivity contribution >= 4 is 21.6 Å². The van der Waals surface area contributed by atoms with Crippen LogP contribution in [0.15, 0.2) is 47.4 Å². The summed E-state index contributed by atoms with van der Waals surface area (Å²) in [4.78, 5) is 12.1. The number of rotatable bonds is 8. The van der Waals surface area contributed by atoms with Gasteiger partial charge in [0.15, 0.2) is 6.61 Å². The molecular weight excluding hydrogens is 352 g/mol. The Labute approximate surface area is 154 Å². The molecule has 2 aromatic rings. The van der Waals surface area contributed by atoms with Crippen LogP contribution in [0, 0.1) is 13.8 Å². The molecule has 26 heavy (non-hydrogen) atoms. The van der Waals surface area contributed by atoms with Gasteiger partial charge in [-0.1, -0.05) is 13.0 Å². The molecule has 0 aliphatic rings. The second-order valence-electron chi connectivity index (χ2n) is 6.01. The predicted octanol–water partition coefficient (Wildman–Crippen LogP) is 3.01. The Kier molecular flexibility index (Phi) is 6.76. The highest BCUT2D eigenvalue weighted by Gasteiger charge is 2.13. The molecule has 0 atom stereocenters. The van der Waals surface area contributed by atoms with E-state index in [4.69, 9.17) is 4.74 Å². The van der Waals surface area contributed by atoms with E-state index in [1.165, 1.54) is 24.3 Å². The maximum absolute atomic E-state index is 12.0. The summed E-state index contributed by atoms with van der Waals surface area (Å²) in [7, 11) is -3.50.